The zero-order valence-electron chi connectivity index (χ0n) is 17.2. The average molecular weight is 499 g/mol. The maximum Gasteiger partial charge on any atom is 0.307 e. The van der Waals surface area contributed by atoms with Crippen LogP contribution in [0.15, 0.2) is 59.0 Å². The van der Waals surface area contributed by atoms with E-state index in [-0.39, 0.29) is 29.3 Å². The van der Waals surface area contributed by atoms with Crippen LogP contribution in [0.4, 0.5) is 5.69 Å². The smallest absolute Gasteiger partial charge is 0.307 e. The molecule has 1 aromatic heterocycles. The van der Waals surface area contributed by atoms with Gasteiger partial charge in [-0.05, 0) is 60.7 Å². The number of carboxylic acid groups (broad SMARTS) is 1. The Kier molecular flexibility index (Phi) is 5.99. The van der Waals surface area contributed by atoms with Crippen molar-refractivity contribution in [3.63, 3.8) is 0 Å². The molecule has 33 heavy (non-hydrogen) atoms. The second-order valence-electron chi connectivity index (χ2n) is 8.21. The second-order valence-corrected chi connectivity index (χ2v) is 10.9. The first kappa shape index (κ1) is 22.1. The number of thiazole rings is 1. The number of benzene rings is 2. The molecule has 4 atom stereocenters. The van der Waals surface area contributed by atoms with Crippen LogP contribution in [0.5, 0.6) is 0 Å². The number of aliphatic carboxylic acids is 1. The lowest BCUT2D eigenvalue weighted by molar-refractivity contribution is -0.146. The van der Waals surface area contributed by atoms with Gasteiger partial charge in [-0.25, -0.2) is 4.98 Å². The highest BCUT2D eigenvalue weighted by Gasteiger charge is 2.51. The molecular formula is C24H19ClN2O4S2. The fourth-order valence-electron chi connectivity index (χ4n) is 4.63. The van der Waals surface area contributed by atoms with E-state index in [1.165, 1.54) is 23.1 Å². The Morgan fingerprint density at radius 3 is 2.55 bits per heavy atom. The number of hydrogen-bond acceptors (Lipinski definition) is 6. The van der Waals surface area contributed by atoms with Crippen molar-refractivity contribution in [1.29, 1.82) is 0 Å². The number of carboxylic acids is 1. The van der Waals surface area contributed by atoms with Crippen molar-refractivity contribution in [3.05, 3.63) is 65.2 Å². The molecule has 0 spiro atoms. The van der Waals surface area contributed by atoms with Gasteiger partial charge in [-0.1, -0.05) is 35.5 Å². The summed E-state index contributed by atoms with van der Waals surface area (Å²) < 4.78 is 1.65. The first-order valence-corrected chi connectivity index (χ1v) is 12.6. The molecule has 168 valence electrons. The Hall–Kier alpha value is -2.68. The third kappa shape index (κ3) is 4.43. The number of ketones is 1. The van der Waals surface area contributed by atoms with Crippen LogP contribution in [-0.2, 0) is 9.59 Å². The van der Waals surface area contributed by atoms with Gasteiger partial charge in [-0.3, -0.25) is 14.4 Å². The van der Waals surface area contributed by atoms with Gasteiger partial charge in [-0.2, -0.15) is 0 Å². The van der Waals surface area contributed by atoms with Gasteiger partial charge in [0.2, 0.25) is 5.91 Å². The molecule has 2 N–H and O–H groups in total. The van der Waals surface area contributed by atoms with Crippen molar-refractivity contribution < 1.29 is 19.5 Å². The fraction of sp³-hybridized carbons (Fsp3) is 0.250. The number of thioether (sulfide) groups is 1. The number of rotatable bonds is 7. The standard InChI is InChI=1S/C24H19ClN2O4S2/c25-15-5-3-12(4-6-15)18(28)11-32-24-27-17-8-7-16(10-19(17)33-24)26-22(29)20-13-1-2-14(9-13)21(20)23(30)31/h1-8,10,13-14,20-21H,9,11H2,(H,26,29)(H,30,31)/t13-,14-,20+,21-/m0/s1. The number of Topliss-reactive ketones (excluding diaryl/α,β-unsaturated/α-hetero) is 1. The Morgan fingerprint density at radius 1 is 1.09 bits per heavy atom. The molecule has 5 rings (SSSR count). The van der Waals surface area contributed by atoms with Crippen molar-refractivity contribution in [1.82, 2.24) is 4.98 Å². The Morgan fingerprint density at radius 2 is 1.82 bits per heavy atom. The summed E-state index contributed by atoms with van der Waals surface area (Å²) in [5, 5.41) is 13.1. The van der Waals surface area contributed by atoms with Crippen LogP contribution in [0.3, 0.4) is 0 Å². The summed E-state index contributed by atoms with van der Waals surface area (Å²) in [5.41, 5.74) is 2.00. The van der Waals surface area contributed by atoms with Gasteiger partial charge in [0.05, 0.1) is 27.8 Å². The molecule has 2 aliphatic rings. The number of nitrogens with zero attached hydrogens (tertiary/aromatic N) is 1. The van der Waals surface area contributed by atoms with Gasteiger partial charge >= 0.3 is 5.97 Å². The van der Waals surface area contributed by atoms with Crippen LogP contribution >= 0.6 is 34.7 Å². The maximum atomic E-state index is 12.9. The quantitative estimate of drug-likeness (QED) is 0.258. The van der Waals surface area contributed by atoms with Gasteiger partial charge in [0.15, 0.2) is 10.1 Å². The molecule has 0 unspecified atom stereocenters. The van der Waals surface area contributed by atoms with Crippen LogP contribution in [0, 0.1) is 23.7 Å². The zero-order valence-corrected chi connectivity index (χ0v) is 19.6. The monoisotopic (exact) mass is 498 g/mol. The van der Waals surface area contributed by atoms with Gasteiger partial charge in [0.25, 0.3) is 0 Å². The lowest BCUT2D eigenvalue weighted by Gasteiger charge is -2.23. The van der Waals surface area contributed by atoms with E-state index >= 15 is 0 Å². The molecule has 1 heterocycles. The lowest BCUT2D eigenvalue weighted by Crippen LogP contribution is -2.36. The molecule has 9 heteroatoms. The summed E-state index contributed by atoms with van der Waals surface area (Å²) in [5.74, 6) is -2.23. The van der Waals surface area contributed by atoms with Gasteiger partial charge in [0, 0.05) is 16.3 Å². The molecule has 2 aliphatic carbocycles. The van der Waals surface area contributed by atoms with Crippen LogP contribution < -0.4 is 5.32 Å². The SMILES string of the molecule is O=C(CSc1nc2ccc(NC(=O)[C@H]3[C@@H](C(=O)O)[C@H]4C=C[C@H]3C4)cc2s1)c1ccc(Cl)cc1. The summed E-state index contributed by atoms with van der Waals surface area (Å²) in [7, 11) is 0. The number of anilines is 1. The molecule has 0 aliphatic heterocycles. The summed E-state index contributed by atoms with van der Waals surface area (Å²) in [6, 6.07) is 12.2. The van der Waals surface area contributed by atoms with Crippen molar-refractivity contribution in [2.24, 2.45) is 23.7 Å². The predicted molar refractivity (Wildman–Crippen MR) is 130 cm³/mol. The molecule has 0 radical (unpaired) electrons. The molecule has 2 aromatic carbocycles. The first-order valence-electron chi connectivity index (χ1n) is 10.4. The minimum Gasteiger partial charge on any atom is -0.481 e. The predicted octanol–water partition coefficient (Wildman–Crippen LogP) is 5.39. The molecule has 0 saturated heterocycles. The molecular weight excluding hydrogens is 480 g/mol. The highest BCUT2D eigenvalue weighted by atomic mass is 35.5. The van der Waals surface area contributed by atoms with Crippen LogP contribution in [0.1, 0.15) is 16.8 Å². The van der Waals surface area contributed by atoms with Crippen molar-refractivity contribution in [2.75, 3.05) is 11.1 Å². The largest absolute Gasteiger partial charge is 0.481 e. The molecule has 1 saturated carbocycles. The van der Waals surface area contributed by atoms with E-state index in [2.05, 4.69) is 10.3 Å². The summed E-state index contributed by atoms with van der Waals surface area (Å²) in [4.78, 5) is 41.6. The molecule has 2 bridgehead atoms. The number of hydrogen-bond donors (Lipinski definition) is 2. The second kappa shape index (κ2) is 8.93. The van der Waals surface area contributed by atoms with Crippen molar-refractivity contribution in [3.8, 4) is 0 Å². The Balaban J connectivity index is 1.26. The Bertz CT molecular complexity index is 1290. The van der Waals surface area contributed by atoms with Crippen LogP contribution in [0.25, 0.3) is 10.2 Å². The van der Waals surface area contributed by atoms with Gasteiger partial charge in [0.1, 0.15) is 0 Å². The summed E-state index contributed by atoms with van der Waals surface area (Å²) >= 11 is 8.69. The lowest BCUT2D eigenvalue weighted by atomic mass is 9.82. The number of amides is 1. The number of nitrogens with one attached hydrogen (secondary N) is 1. The number of allylic oxidation sites excluding steroid dienone is 2. The van der Waals surface area contributed by atoms with E-state index in [1.807, 2.05) is 24.3 Å². The van der Waals surface area contributed by atoms with E-state index in [4.69, 9.17) is 11.6 Å². The topological polar surface area (TPSA) is 96.4 Å². The zero-order chi connectivity index (χ0) is 23.1. The number of fused-ring (bicyclic) bond motifs is 3. The maximum absolute atomic E-state index is 12.9. The highest BCUT2D eigenvalue weighted by molar-refractivity contribution is 8.01. The minimum atomic E-state index is -0.917. The summed E-state index contributed by atoms with van der Waals surface area (Å²) in [6.07, 6.45) is 4.61. The van der Waals surface area contributed by atoms with Crippen molar-refractivity contribution >= 4 is 68.3 Å². The average Bonchev–Trinajstić information content (AvgIpc) is 3.51. The van der Waals surface area contributed by atoms with E-state index in [0.717, 1.165) is 21.0 Å². The van der Waals surface area contributed by atoms with Gasteiger partial charge in [-0.15, -0.1) is 11.3 Å². The van der Waals surface area contributed by atoms with Crippen LogP contribution in [-0.4, -0.2) is 33.5 Å². The van der Waals surface area contributed by atoms with E-state index in [1.54, 1.807) is 30.3 Å². The third-order valence-electron chi connectivity index (χ3n) is 6.18. The van der Waals surface area contributed by atoms with Crippen molar-refractivity contribution in [2.45, 2.75) is 10.8 Å². The number of carbonyl (C=O) groups excluding carboxylic acids is 2. The molecule has 3 aromatic rings. The van der Waals surface area contributed by atoms with E-state index in [0.29, 0.717) is 16.3 Å². The Labute approximate surface area is 203 Å². The number of halogens is 1. The molecule has 1 amide bonds. The molecule has 6 nitrogen and oxygen atoms in total. The number of carbonyl (C=O) groups is 3. The minimum absolute atomic E-state index is 0.00299. The van der Waals surface area contributed by atoms with Gasteiger partial charge < -0.3 is 10.4 Å². The first-order chi connectivity index (χ1) is 15.9. The normalized spacial score (nSPS) is 23.2. The van der Waals surface area contributed by atoms with E-state index in [9.17, 15) is 19.5 Å². The third-order valence-corrected chi connectivity index (χ3v) is 8.59. The number of aromatic nitrogens is 1. The fourth-order valence-corrected chi connectivity index (χ4v) is 6.76. The summed E-state index contributed by atoms with van der Waals surface area (Å²) in [6.45, 7) is 0. The highest BCUT2D eigenvalue weighted by Crippen LogP contribution is 2.48. The molecule has 1 fully saturated rings. The van der Waals surface area contributed by atoms with E-state index < -0.39 is 17.8 Å². The van der Waals surface area contributed by atoms with Crippen LogP contribution in [0.2, 0.25) is 5.02 Å².